The number of unbranched alkanes of at least 4 members (excludes halogenated alkanes) is 4. The molecule has 0 radical (unpaired) electrons. The van der Waals surface area contributed by atoms with E-state index in [1.807, 2.05) is 18.2 Å². The second-order valence-electron chi connectivity index (χ2n) is 6.61. The van der Waals surface area contributed by atoms with E-state index in [0.29, 0.717) is 17.5 Å². The van der Waals surface area contributed by atoms with E-state index in [9.17, 15) is 0 Å². The first-order valence-corrected chi connectivity index (χ1v) is 9.77. The molecule has 0 amide bonds. The molecule has 1 heterocycles. The van der Waals surface area contributed by atoms with Crippen molar-refractivity contribution in [2.24, 2.45) is 5.92 Å². The monoisotopic (exact) mass is 352 g/mol. The van der Waals surface area contributed by atoms with E-state index in [1.165, 1.54) is 38.5 Å². The summed E-state index contributed by atoms with van der Waals surface area (Å²) in [5, 5.41) is 0.626. The molecule has 0 saturated carbocycles. The van der Waals surface area contributed by atoms with Crippen LogP contribution in [-0.2, 0) is 9.31 Å². The van der Waals surface area contributed by atoms with Crippen LogP contribution in [0.4, 0.5) is 0 Å². The van der Waals surface area contributed by atoms with Gasteiger partial charge in [-0.1, -0.05) is 63.6 Å². The Balaban J connectivity index is 1.79. The van der Waals surface area contributed by atoms with Crippen molar-refractivity contribution in [3.8, 4) is 5.75 Å². The van der Waals surface area contributed by atoms with Gasteiger partial charge in [0.05, 0.1) is 11.6 Å². The van der Waals surface area contributed by atoms with Gasteiger partial charge < -0.3 is 14.0 Å². The van der Waals surface area contributed by atoms with Gasteiger partial charge in [-0.05, 0) is 30.4 Å². The standard InChI is InChI=1S/C19H30BClO3/c1-3-5-7-9-16-14-23-20(24-15-16)17-10-11-19(18(21)13-17)22-12-8-6-4-2/h10-11,13,16H,3-9,12,14-15H2,1-2H3. The number of hydrogen-bond donors (Lipinski definition) is 0. The second kappa shape index (κ2) is 11.0. The Bertz CT molecular complexity index is 476. The molecule has 3 nitrogen and oxygen atoms in total. The number of hydrogen-bond acceptors (Lipinski definition) is 3. The SMILES string of the molecule is CCCCCOc1ccc(B2OCC(CCCCC)CO2)cc1Cl. The lowest BCUT2D eigenvalue weighted by Gasteiger charge is -2.27. The summed E-state index contributed by atoms with van der Waals surface area (Å²) in [7, 11) is -0.306. The molecular formula is C19H30BClO3. The molecule has 1 saturated heterocycles. The van der Waals surface area contributed by atoms with Crippen LogP contribution >= 0.6 is 11.6 Å². The molecule has 24 heavy (non-hydrogen) atoms. The van der Waals surface area contributed by atoms with Gasteiger partial charge in [0.25, 0.3) is 0 Å². The van der Waals surface area contributed by atoms with Crippen molar-refractivity contribution in [3.05, 3.63) is 23.2 Å². The molecule has 1 aliphatic heterocycles. The van der Waals surface area contributed by atoms with Gasteiger partial charge in [0.15, 0.2) is 0 Å². The molecule has 0 bridgehead atoms. The van der Waals surface area contributed by atoms with E-state index in [1.54, 1.807) is 0 Å². The molecule has 5 heteroatoms. The highest BCUT2D eigenvalue weighted by atomic mass is 35.5. The van der Waals surface area contributed by atoms with Gasteiger partial charge in [0.1, 0.15) is 5.75 Å². The van der Waals surface area contributed by atoms with Crippen LogP contribution in [0.25, 0.3) is 0 Å². The molecule has 0 aliphatic carbocycles. The third kappa shape index (κ3) is 6.31. The second-order valence-corrected chi connectivity index (χ2v) is 7.01. The lowest BCUT2D eigenvalue weighted by atomic mass is 9.77. The zero-order valence-electron chi connectivity index (χ0n) is 15.1. The minimum atomic E-state index is -0.306. The summed E-state index contributed by atoms with van der Waals surface area (Å²) in [5.41, 5.74) is 0.966. The Hall–Kier alpha value is -0.705. The van der Waals surface area contributed by atoms with Crippen LogP contribution in [0, 0.1) is 5.92 Å². The van der Waals surface area contributed by atoms with Gasteiger partial charge in [0, 0.05) is 19.1 Å². The highest BCUT2D eigenvalue weighted by Gasteiger charge is 2.29. The van der Waals surface area contributed by atoms with Gasteiger partial charge in [-0.2, -0.15) is 0 Å². The van der Waals surface area contributed by atoms with Gasteiger partial charge in [-0.25, -0.2) is 0 Å². The molecule has 1 fully saturated rings. The van der Waals surface area contributed by atoms with Crippen molar-refractivity contribution in [2.75, 3.05) is 19.8 Å². The summed E-state index contributed by atoms with van der Waals surface area (Å²) in [6.45, 7) is 6.65. The zero-order valence-corrected chi connectivity index (χ0v) is 15.8. The molecule has 134 valence electrons. The predicted octanol–water partition coefficient (Wildman–Crippen LogP) is 4.85. The summed E-state index contributed by atoms with van der Waals surface area (Å²) in [5.74, 6) is 1.26. The van der Waals surface area contributed by atoms with Crippen LogP contribution in [0.3, 0.4) is 0 Å². The Morgan fingerprint density at radius 2 is 1.79 bits per heavy atom. The van der Waals surface area contributed by atoms with Crippen LogP contribution in [0.1, 0.15) is 58.8 Å². The van der Waals surface area contributed by atoms with E-state index < -0.39 is 0 Å². The first-order valence-electron chi connectivity index (χ1n) is 9.40. The average molecular weight is 353 g/mol. The molecular weight excluding hydrogens is 322 g/mol. The van der Waals surface area contributed by atoms with E-state index in [-0.39, 0.29) is 7.12 Å². The van der Waals surface area contributed by atoms with Gasteiger partial charge >= 0.3 is 7.12 Å². The molecule has 0 aromatic heterocycles. The lowest BCUT2D eigenvalue weighted by Crippen LogP contribution is -2.44. The van der Waals surface area contributed by atoms with Crippen LogP contribution in [0.15, 0.2) is 18.2 Å². The fraction of sp³-hybridized carbons (Fsp3) is 0.684. The summed E-state index contributed by atoms with van der Waals surface area (Å²) >= 11 is 6.34. The minimum absolute atomic E-state index is 0.306. The maximum Gasteiger partial charge on any atom is 0.493 e. The smallest absolute Gasteiger partial charge is 0.492 e. The first kappa shape index (κ1) is 19.6. The van der Waals surface area contributed by atoms with Crippen molar-refractivity contribution < 1.29 is 14.0 Å². The molecule has 0 N–H and O–H groups in total. The van der Waals surface area contributed by atoms with Crippen LogP contribution in [0.2, 0.25) is 5.02 Å². The molecule has 1 aromatic rings. The Kier molecular flexibility index (Phi) is 9.00. The Labute approximate surface area is 152 Å². The fourth-order valence-corrected chi connectivity index (χ4v) is 3.14. The summed E-state index contributed by atoms with van der Waals surface area (Å²) in [6.07, 6.45) is 8.41. The van der Waals surface area contributed by atoms with Gasteiger partial charge in [0.2, 0.25) is 0 Å². The van der Waals surface area contributed by atoms with Crippen molar-refractivity contribution in [1.29, 1.82) is 0 Å². The van der Waals surface area contributed by atoms with Gasteiger partial charge in [-0.3, -0.25) is 0 Å². The lowest BCUT2D eigenvalue weighted by molar-refractivity contribution is 0.0811. The molecule has 2 rings (SSSR count). The highest BCUT2D eigenvalue weighted by Crippen LogP contribution is 2.24. The third-order valence-electron chi connectivity index (χ3n) is 4.42. The molecule has 1 aromatic carbocycles. The van der Waals surface area contributed by atoms with Crippen molar-refractivity contribution >= 4 is 24.2 Å². The first-order chi connectivity index (χ1) is 11.7. The van der Waals surface area contributed by atoms with Crippen LogP contribution in [0.5, 0.6) is 5.75 Å². The summed E-state index contributed by atoms with van der Waals surface area (Å²) in [4.78, 5) is 0. The minimum Gasteiger partial charge on any atom is -0.492 e. The van der Waals surface area contributed by atoms with E-state index in [0.717, 1.165) is 30.8 Å². The van der Waals surface area contributed by atoms with Crippen molar-refractivity contribution in [3.63, 3.8) is 0 Å². The maximum absolute atomic E-state index is 6.34. The average Bonchev–Trinajstić information content (AvgIpc) is 2.61. The normalized spacial score (nSPS) is 15.7. The fourth-order valence-electron chi connectivity index (χ4n) is 2.90. The molecule has 1 aliphatic rings. The molecule has 0 spiro atoms. The number of halogens is 1. The number of rotatable bonds is 10. The predicted molar refractivity (Wildman–Crippen MR) is 101 cm³/mol. The van der Waals surface area contributed by atoms with E-state index >= 15 is 0 Å². The third-order valence-corrected chi connectivity index (χ3v) is 4.71. The highest BCUT2D eigenvalue weighted by molar-refractivity contribution is 6.61. The van der Waals surface area contributed by atoms with Crippen LogP contribution in [-0.4, -0.2) is 26.9 Å². The topological polar surface area (TPSA) is 27.7 Å². The van der Waals surface area contributed by atoms with Crippen molar-refractivity contribution in [1.82, 2.24) is 0 Å². The molecule has 0 unspecified atom stereocenters. The van der Waals surface area contributed by atoms with Gasteiger partial charge in [-0.15, -0.1) is 0 Å². The molecule has 0 atom stereocenters. The maximum atomic E-state index is 6.34. The Morgan fingerprint density at radius 3 is 2.46 bits per heavy atom. The quantitative estimate of drug-likeness (QED) is 0.445. The van der Waals surface area contributed by atoms with E-state index in [4.69, 9.17) is 25.6 Å². The van der Waals surface area contributed by atoms with Crippen LogP contribution < -0.4 is 10.2 Å². The van der Waals surface area contributed by atoms with Crippen molar-refractivity contribution in [2.45, 2.75) is 58.8 Å². The summed E-state index contributed by atoms with van der Waals surface area (Å²) < 4.78 is 17.5. The largest absolute Gasteiger partial charge is 0.493 e. The zero-order chi connectivity index (χ0) is 17.2. The number of benzene rings is 1. The number of ether oxygens (including phenoxy) is 1. The Morgan fingerprint density at radius 1 is 1.08 bits per heavy atom. The summed E-state index contributed by atoms with van der Waals surface area (Å²) in [6, 6.07) is 5.81. The van der Waals surface area contributed by atoms with E-state index in [2.05, 4.69) is 13.8 Å².